The van der Waals surface area contributed by atoms with Crippen LogP contribution in [0.15, 0.2) is 12.1 Å². The summed E-state index contributed by atoms with van der Waals surface area (Å²) in [5.74, 6) is 1.05. The van der Waals surface area contributed by atoms with Gasteiger partial charge in [-0.1, -0.05) is 0 Å². The van der Waals surface area contributed by atoms with Gasteiger partial charge >= 0.3 is 0 Å². The Kier molecular flexibility index (Phi) is 3.42. The molecule has 0 aliphatic rings. The van der Waals surface area contributed by atoms with Gasteiger partial charge in [-0.3, -0.25) is 0 Å². The molecule has 0 radical (unpaired) electrons. The maximum Gasteiger partial charge on any atom is 0.233 e. The third-order valence-corrected chi connectivity index (χ3v) is 2.62. The van der Waals surface area contributed by atoms with Crippen LogP contribution in [0.4, 0.5) is 5.13 Å². The fraction of sp³-hybridized carbons (Fsp3) is 0.455. The van der Waals surface area contributed by atoms with E-state index < -0.39 is 0 Å². The first kappa shape index (κ1) is 12.7. The fourth-order valence-electron chi connectivity index (χ4n) is 1.25. The quantitative estimate of drug-likeness (QED) is 0.917. The summed E-state index contributed by atoms with van der Waals surface area (Å²) in [5.41, 5.74) is 0.594. The topological polar surface area (TPSA) is 72.8 Å². The molecule has 96 valence electrons. The largest absolute Gasteiger partial charge is 0.480 e. The molecule has 7 heteroatoms. The zero-order chi connectivity index (χ0) is 13.2. The van der Waals surface area contributed by atoms with E-state index in [1.165, 1.54) is 11.5 Å². The molecule has 0 aliphatic heterocycles. The lowest BCUT2D eigenvalue weighted by molar-refractivity contribution is 0.392. The Bertz CT molecular complexity index is 517. The zero-order valence-corrected chi connectivity index (χ0v) is 11.6. The highest BCUT2D eigenvalue weighted by Crippen LogP contribution is 2.22. The van der Waals surface area contributed by atoms with Crippen LogP contribution in [0, 0.1) is 0 Å². The van der Waals surface area contributed by atoms with Gasteiger partial charge in [-0.05, 0) is 26.8 Å². The summed E-state index contributed by atoms with van der Waals surface area (Å²) in [6.45, 7) is 6.21. The van der Waals surface area contributed by atoms with Crippen LogP contribution >= 0.6 is 11.5 Å². The van der Waals surface area contributed by atoms with Crippen LogP contribution in [0.3, 0.4) is 0 Å². The molecule has 1 N–H and O–H groups in total. The van der Waals surface area contributed by atoms with Gasteiger partial charge in [0.1, 0.15) is 5.69 Å². The Labute approximate surface area is 110 Å². The van der Waals surface area contributed by atoms with Gasteiger partial charge in [0.2, 0.25) is 11.0 Å². The maximum absolute atomic E-state index is 4.95. The molecule has 2 heterocycles. The third kappa shape index (κ3) is 3.13. The van der Waals surface area contributed by atoms with Crippen LogP contribution in [0.1, 0.15) is 20.8 Å². The molecule has 0 fully saturated rings. The van der Waals surface area contributed by atoms with Crippen LogP contribution in [0.25, 0.3) is 11.5 Å². The Morgan fingerprint density at radius 1 is 1.22 bits per heavy atom. The molecule has 0 bridgehead atoms. The average Bonchev–Trinajstić information content (AvgIpc) is 2.75. The first-order chi connectivity index (χ1) is 8.48. The molecule has 0 atom stereocenters. The van der Waals surface area contributed by atoms with E-state index >= 15 is 0 Å². The number of aromatic nitrogens is 4. The minimum Gasteiger partial charge on any atom is -0.480 e. The van der Waals surface area contributed by atoms with E-state index in [0.717, 1.165) is 5.13 Å². The second-order valence-electron chi connectivity index (χ2n) is 4.76. The molecule has 0 aromatic carbocycles. The monoisotopic (exact) mass is 265 g/mol. The first-order valence-corrected chi connectivity index (χ1v) is 6.25. The highest BCUT2D eigenvalue weighted by atomic mass is 32.1. The van der Waals surface area contributed by atoms with Crippen molar-refractivity contribution in [1.82, 2.24) is 19.6 Å². The van der Waals surface area contributed by atoms with Crippen LogP contribution in [-0.2, 0) is 0 Å². The lowest BCUT2D eigenvalue weighted by Crippen LogP contribution is -2.25. The van der Waals surface area contributed by atoms with Crippen molar-refractivity contribution in [3.05, 3.63) is 12.1 Å². The van der Waals surface area contributed by atoms with Crippen molar-refractivity contribution >= 4 is 16.7 Å². The summed E-state index contributed by atoms with van der Waals surface area (Å²) >= 11 is 1.31. The van der Waals surface area contributed by atoms with Gasteiger partial charge in [0, 0.05) is 23.1 Å². The Morgan fingerprint density at radius 3 is 2.56 bits per heavy atom. The van der Waals surface area contributed by atoms with Crippen molar-refractivity contribution in [1.29, 1.82) is 0 Å². The van der Waals surface area contributed by atoms with Gasteiger partial charge in [0.25, 0.3) is 0 Å². The highest BCUT2D eigenvalue weighted by Gasteiger charge is 2.14. The number of ether oxygens (including phenoxy) is 1. The summed E-state index contributed by atoms with van der Waals surface area (Å²) in [7, 11) is 1.55. The van der Waals surface area contributed by atoms with Crippen LogP contribution in [0.2, 0.25) is 0 Å². The Balaban J connectivity index is 2.18. The summed E-state index contributed by atoms with van der Waals surface area (Å²) in [6, 6.07) is 3.52. The van der Waals surface area contributed by atoms with E-state index in [2.05, 4.69) is 45.6 Å². The van der Waals surface area contributed by atoms with Gasteiger partial charge in [0.15, 0.2) is 5.82 Å². The molecule has 0 aliphatic carbocycles. The molecule has 6 nitrogen and oxygen atoms in total. The number of nitrogens with one attached hydrogen (secondary N) is 1. The van der Waals surface area contributed by atoms with E-state index in [0.29, 0.717) is 17.4 Å². The van der Waals surface area contributed by atoms with Crippen LogP contribution < -0.4 is 10.1 Å². The molecular formula is C11H15N5OS. The van der Waals surface area contributed by atoms with Crippen molar-refractivity contribution in [2.45, 2.75) is 26.3 Å². The summed E-state index contributed by atoms with van der Waals surface area (Å²) in [5, 5.41) is 11.9. The zero-order valence-electron chi connectivity index (χ0n) is 10.8. The molecule has 0 unspecified atom stereocenters. The number of methoxy groups -OCH3 is 1. The molecule has 18 heavy (non-hydrogen) atoms. The van der Waals surface area contributed by atoms with Crippen LogP contribution in [-0.4, -0.2) is 32.2 Å². The number of anilines is 1. The predicted octanol–water partition coefficient (Wildman–Crippen LogP) is 2.21. The van der Waals surface area contributed by atoms with Gasteiger partial charge in [-0.15, -0.1) is 10.2 Å². The number of hydrogen-bond acceptors (Lipinski definition) is 7. The fourth-order valence-corrected chi connectivity index (χ4v) is 2.03. The minimum atomic E-state index is -0.0393. The molecule has 2 rings (SSSR count). The number of hydrogen-bond donors (Lipinski definition) is 1. The van der Waals surface area contributed by atoms with E-state index in [4.69, 9.17) is 4.74 Å². The second kappa shape index (κ2) is 4.85. The Hall–Kier alpha value is -1.76. The van der Waals surface area contributed by atoms with Crippen molar-refractivity contribution in [2.75, 3.05) is 12.4 Å². The van der Waals surface area contributed by atoms with Gasteiger partial charge in [-0.2, -0.15) is 9.36 Å². The maximum atomic E-state index is 4.95. The average molecular weight is 265 g/mol. The molecule has 0 saturated carbocycles. The van der Waals surface area contributed by atoms with E-state index in [1.807, 2.05) is 0 Å². The van der Waals surface area contributed by atoms with Gasteiger partial charge < -0.3 is 10.1 Å². The standard InChI is InChI=1S/C11H15N5OS/c1-11(2,3)13-10-12-9(16-18-10)7-5-6-8(17-4)15-14-7/h5-6H,1-4H3,(H,12,13,16). The SMILES string of the molecule is COc1ccc(-c2nsc(NC(C)(C)C)n2)nn1. The van der Waals surface area contributed by atoms with E-state index in [9.17, 15) is 0 Å². The van der Waals surface area contributed by atoms with Gasteiger partial charge in [-0.25, -0.2) is 0 Å². The van der Waals surface area contributed by atoms with Crippen molar-refractivity contribution in [3.63, 3.8) is 0 Å². The van der Waals surface area contributed by atoms with Gasteiger partial charge in [0.05, 0.1) is 7.11 Å². The van der Waals surface area contributed by atoms with Crippen molar-refractivity contribution < 1.29 is 4.74 Å². The summed E-state index contributed by atoms with van der Waals surface area (Å²) < 4.78 is 9.20. The molecule has 2 aromatic rings. The predicted molar refractivity (Wildman–Crippen MR) is 70.9 cm³/mol. The van der Waals surface area contributed by atoms with Crippen molar-refractivity contribution in [2.24, 2.45) is 0 Å². The van der Waals surface area contributed by atoms with E-state index in [1.54, 1.807) is 19.2 Å². The normalized spacial score (nSPS) is 11.3. The molecule has 2 aromatic heterocycles. The lowest BCUT2D eigenvalue weighted by Gasteiger charge is -2.18. The minimum absolute atomic E-state index is 0.0393. The van der Waals surface area contributed by atoms with Crippen molar-refractivity contribution in [3.8, 4) is 17.4 Å². The highest BCUT2D eigenvalue weighted by molar-refractivity contribution is 7.09. The third-order valence-electron chi connectivity index (χ3n) is 1.99. The van der Waals surface area contributed by atoms with Crippen LogP contribution in [0.5, 0.6) is 5.88 Å². The van der Waals surface area contributed by atoms with E-state index in [-0.39, 0.29) is 5.54 Å². The summed E-state index contributed by atoms with van der Waals surface area (Å²) in [6.07, 6.45) is 0. The molecule has 0 saturated heterocycles. The first-order valence-electron chi connectivity index (χ1n) is 5.48. The molecular weight excluding hydrogens is 250 g/mol. The number of rotatable bonds is 3. The number of nitrogens with zero attached hydrogens (tertiary/aromatic N) is 4. The summed E-state index contributed by atoms with van der Waals surface area (Å²) in [4.78, 5) is 4.37. The second-order valence-corrected chi connectivity index (χ2v) is 5.51. The lowest BCUT2D eigenvalue weighted by atomic mass is 10.1. The molecule has 0 amide bonds. The smallest absolute Gasteiger partial charge is 0.233 e. The Morgan fingerprint density at radius 2 is 2.00 bits per heavy atom. The molecule has 0 spiro atoms.